The molecule has 2 aromatic heterocycles. The first-order chi connectivity index (χ1) is 10.2. The topological polar surface area (TPSA) is 46.5 Å². The highest BCUT2D eigenvalue weighted by Crippen LogP contribution is 2.43. The molecule has 4 nitrogen and oxygen atoms in total. The van der Waals surface area contributed by atoms with Gasteiger partial charge in [-0.3, -0.25) is 4.68 Å². The van der Waals surface area contributed by atoms with Crippen LogP contribution in [-0.4, -0.2) is 36.5 Å². The van der Waals surface area contributed by atoms with E-state index in [-0.39, 0.29) is 0 Å². The van der Waals surface area contributed by atoms with Gasteiger partial charge >= 0.3 is 0 Å². The third-order valence-corrected chi connectivity index (χ3v) is 6.96. The van der Waals surface area contributed by atoms with Crippen LogP contribution in [0, 0.1) is 4.64 Å². The van der Waals surface area contributed by atoms with Crippen LogP contribution in [0.5, 0.6) is 0 Å². The highest BCUT2D eigenvalue weighted by Gasteiger charge is 2.28. The molecule has 0 saturated carbocycles. The summed E-state index contributed by atoms with van der Waals surface area (Å²) < 4.78 is 2.44. The molecule has 2 unspecified atom stereocenters. The number of aromatic amines is 1. The van der Waals surface area contributed by atoms with Gasteiger partial charge in [-0.05, 0) is 12.5 Å². The molecular formula is C14H18N4S3. The molecule has 112 valence electrons. The Hall–Kier alpha value is -0.790. The summed E-state index contributed by atoms with van der Waals surface area (Å²) in [6, 6.07) is 1.91. The Kier molecular flexibility index (Phi) is 4.71. The van der Waals surface area contributed by atoms with Gasteiger partial charge in [0, 0.05) is 35.6 Å². The zero-order chi connectivity index (χ0) is 14.8. The zero-order valence-corrected chi connectivity index (χ0v) is 14.5. The number of aromatic nitrogens is 4. The molecule has 2 aromatic rings. The lowest BCUT2D eigenvalue weighted by molar-refractivity contribution is 0.749. The number of thioether (sulfide) groups is 2. The van der Waals surface area contributed by atoms with Gasteiger partial charge in [0.15, 0.2) is 0 Å². The fourth-order valence-electron chi connectivity index (χ4n) is 2.48. The second-order valence-electron chi connectivity index (χ2n) is 5.03. The Morgan fingerprint density at radius 1 is 1.43 bits per heavy atom. The van der Waals surface area contributed by atoms with Crippen molar-refractivity contribution >= 4 is 35.7 Å². The van der Waals surface area contributed by atoms with Gasteiger partial charge in [0.25, 0.3) is 0 Å². The SMILES string of the molecule is CCC1SCCSC1c1nc(=S)cc(-c2cnn(C)c2)[nH]1. The minimum Gasteiger partial charge on any atom is -0.342 e. The van der Waals surface area contributed by atoms with Gasteiger partial charge in [0.1, 0.15) is 10.5 Å². The molecule has 1 N–H and O–H groups in total. The normalized spacial score (nSPS) is 22.4. The van der Waals surface area contributed by atoms with Gasteiger partial charge in [0.05, 0.1) is 17.1 Å². The van der Waals surface area contributed by atoms with Gasteiger partial charge in [-0.25, -0.2) is 4.98 Å². The summed E-state index contributed by atoms with van der Waals surface area (Å²) in [4.78, 5) is 8.07. The Labute approximate surface area is 138 Å². The van der Waals surface area contributed by atoms with Gasteiger partial charge < -0.3 is 4.98 Å². The van der Waals surface area contributed by atoms with Gasteiger partial charge in [-0.1, -0.05) is 19.1 Å². The minimum absolute atomic E-state index is 0.395. The quantitative estimate of drug-likeness (QED) is 0.862. The molecule has 1 saturated heterocycles. The largest absolute Gasteiger partial charge is 0.342 e. The Morgan fingerprint density at radius 2 is 2.24 bits per heavy atom. The lowest BCUT2D eigenvalue weighted by Crippen LogP contribution is -2.20. The van der Waals surface area contributed by atoms with E-state index in [0.717, 1.165) is 23.5 Å². The van der Waals surface area contributed by atoms with Crippen molar-refractivity contribution in [2.75, 3.05) is 11.5 Å². The highest BCUT2D eigenvalue weighted by atomic mass is 32.2. The van der Waals surface area contributed by atoms with Gasteiger partial charge in [-0.15, -0.1) is 11.8 Å². The van der Waals surface area contributed by atoms with Crippen molar-refractivity contribution in [3.8, 4) is 11.3 Å². The fraction of sp³-hybridized carbons (Fsp3) is 0.500. The maximum atomic E-state index is 5.36. The van der Waals surface area contributed by atoms with Crippen LogP contribution in [0.25, 0.3) is 11.3 Å². The summed E-state index contributed by atoms with van der Waals surface area (Å²) in [6.45, 7) is 2.25. The first-order valence-electron chi connectivity index (χ1n) is 7.01. The van der Waals surface area contributed by atoms with E-state index >= 15 is 0 Å². The summed E-state index contributed by atoms with van der Waals surface area (Å²) in [5.41, 5.74) is 2.05. The van der Waals surface area contributed by atoms with Crippen LogP contribution in [0.4, 0.5) is 0 Å². The molecule has 0 amide bonds. The molecule has 1 aliphatic heterocycles. The first-order valence-corrected chi connectivity index (χ1v) is 9.51. The summed E-state index contributed by atoms with van der Waals surface area (Å²) >= 11 is 9.40. The molecule has 1 aliphatic rings. The van der Waals surface area contributed by atoms with Gasteiger partial charge in [-0.2, -0.15) is 16.9 Å². The smallest absolute Gasteiger partial charge is 0.130 e. The highest BCUT2D eigenvalue weighted by molar-refractivity contribution is 8.06. The number of aryl methyl sites for hydroxylation is 1. The number of hydrogen-bond donors (Lipinski definition) is 1. The first kappa shape index (κ1) is 15.1. The molecular weight excluding hydrogens is 320 g/mol. The van der Waals surface area contributed by atoms with E-state index in [1.54, 1.807) is 4.68 Å². The van der Waals surface area contributed by atoms with E-state index in [0.29, 0.717) is 15.1 Å². The summed E-state index contributed by atoms with van der Waals surface area (Å²) in [5, 5.41) is 5.23. The lowest BCUT2D eigenvalue weighted by Gasteiger charge is -2.29. The van der Waals surface area contributed by atoms with Crippen LogP contribution >= 0.6 is 35.7 Å². The van der Waals surface area contributed by atoms with E-state index in [4.69, 9.17) is 12.2 Å². The molecule has 0 aromatic carbocycles. The van der Waals surface area contributed by atoms with Crippen LogP contribution in [0.15, 0.2) is 18.5 Å². The van der Waals surface area contributed by atoms with Crippen molar-refractivity contribution in [2.24, 2.45) is 7.05 Å². The molecule has 0 bridgehead atoms. The average molecular weight is 339 g/mol. The second kappa shape index (κ2) is 6.54. The molecule has 3 heterocycles. The van der Waals surface area contributed by atoms with Crippen molar-refractivity contribution in [3.63, 3.8) is 0 Å². The summed E-state index contributed by atoms with van der Waals surface area (Å²) in [6.07, 6.45) is 5.00. The van der Waals surface area contributed by atoms with Crippen molar-refractivity contribution in [2.45, 2.75) is 23.8 Å². The third kappa shape index (κ3) is 3.35. The Morgan fingerprint density at radius 3 is 2.95 bits per heavy atom. The average Bonchev–Trinajstić information content (AvgIpc) is 2.93. The van der Waals surface area contributed by atoms with Crippen molar-refractivity contribution < 1.29 is 0 Å². The number of hydrogen-bond acceptors (Lipinski definition) is 5. The predicted molar refractivity (Wildman–Crippen MR) is 93.4 cm³/mol. The predicted octanol–water partition coefficient (Wildman–Crippen LogP) is 3.84. The molecule has 0 radical (unpaired) electrons. The van der Waals surface area contributed by atoms with Crippen LogP contribution in [0.1, 0.15) is 24.4 Å². The zero-order valence-electron chi connectivity index (χ0n) is 12.1. The summed E-state index contributed by atoms with van der Waals surface area (Å²) in [5.74, 6) is 3.40. The summed E-state index contributed by atoms with van der Waals surface area (Å²) in [7, 11) is 1.92. The van der Waals surface area contributed by atoms with Crippen LogP contribution < -0.4 is 0 Å². The Balaban J connectivity index is 1.99. The third-order valence-electron chi connectivity index (χ3n) is 3.50. The molecule has 3 rings (SSSR count). The molecule has 1 fully saturated rings. The monoisotopic (exact) mass is 338 g/mol. The minimum atomic E-state index is 0.395. The van der Waals surface area contributed by atoms with Gasteiger partial charge in [0.2, 0.25) is 0 Å². The van der Waals surface area contributed by atoms with E-state index < -0.39 is 0 Å². The lowest BCUT2D eigenvalue weighted by atomic mass is 10.2. The fourth-order valence-corrected chi connectivity index (χ4v) is 5.71. The Bertz CT molecular complexity index is 679. The molecule has 7 heteroatoms. The van der Waals surface area contributed by atoms with E-state index in [2.05, 4.69) is 22.0 Å². The van der Waals surface area contributed by atoms with E-state index in [9.17, 15) is 0 Å². The molecule has 0 spiro atoms. The van der Waals surface area contributed by atoms with Crippen LogP contribution in [0.3, 0.4) is 0 Å². The maximum Gasteiger partial charge on any atom is 0.130 e. The van der Waals surface area contributed by atoms with Crippen molar-refractivity contribution in [3.05, 3.63) is 28.9 Å². The van der Waals surface area contributed by atoms with E-state index in [1.165, 1.54) is 11.5 Å². The maximum absolute atomic E-state index is 5.36. The van der Waals surface area contributed by atoms with Crippen molar-refractivity contribution in [1.82, 2.24) is 19.7 Å². The second-order valence-corrected chi connectivity index (χ2v) is 8.04. The standard InChI is InChI=1S/C14H18N4S3/c1-3-11-13(21-5-4-20-11)14-16-10(6-12(19)17-14)9-7-15-18(2)8-9/h6-8,11,13H,3-5H2,1-2H3,(H,16,17,19). The number of H-pyrrole nitrogens is 1. The van der Waals surface area contributed by atoms with Crippen molar-refractivity contribution in [1.29, 1.82) is 0 Å². The molecule has 0 aliphatic carbocycles. The van der Waals surface area contributed by atoms with Crippen LogP contribution in [-0.2, 0) is 7.05 Å². The number of nitrogens with one attached hydrogen (secondary N) is 1. The number of rotatable bonds is 3. The van der Waals surface area contributed by atoms with E-state index in [1.807, 2.05) is 49.0 Å². The molecule has 2 atom stereocenters. The number of nitrogens with zero attached hydrogens (tertiary/aromatic N) is 3. The molecule has 21 heavy (non-hydrogen) atoms. The van der Waals surface area contributed by atoms with Crippen LogP contribution in [0.2, 0.25) is 0 Å².